The van der Waals surface area contributed by atoms with E-state index in [1.807, 2.05) is 25.1 Å². The zero-order valence-electron chi connectivity index (χ0n) is 10.8. The maximum absolute atomic E-state index is 11.9. The van der Waals surface area contributed by atoms with Gasteiger partial charge < -0.3 is 11.1 Å². The molecule has 1 saturated heterocycles. The quantitative estimate of drug-likeness (QED) is 0.631. The summed E-state index contributed by atoms with van der Waals surface area (Å²) in [6, 6.07) is 5.02. The van der Waals surface area contributed by atoms with E-state index in [1.54, 1.807) is 0 Å². The molecule has 0 radical (unpaired) electrons. The lowest BCUT2D eigenvalue weighted by Crippen LogP contribution is -2.32. The summed E-state index contributed by atoms with van der Waals surface area (Å²) in [5, 5.41) is 3.06. The molecule has 6 heteroatoms. The van der Waals surface area contributed by atoms with Crippen LogP contribution in [0.1, 0.15) is 17.5 Å². The van der Waals surface area contributed by atoms with Crippen LogP contribution < -0.4 is 11.1 Å². The number of anilines is 1. The topological polar surface area (TPSA) is 75.4 Å². The Labute approximate surface area is 116 Å². The molecule has 2 amide bonds. The van der Waals surface area contributed by atoms with Gasteiger partial charge in [-0.3, -0.25) is 14.5 Å². The summed E-state index contributed by atoms with van der Waals surface area (Å²) in [6.07, 6.45) is 0.153. The average molecular weight is 277 g/mol. The molecule has 1 aromatic carbocycles. The Bertz CT molecular complexity index is 571. The first kappa shape index (κ1) is 13.5. The highest BCUT2D eigenvalue weighted by Crippen LogP contribution is 2.22. The summed E-state index contributed by atoms with van der Waals surface area (Å²) in [4.78, 5) is 24.7. The molecule has 1 heterocycles. The van der Waals surface area contributed by atoms with Crippen LogP contribution in [-0.4, -0.2) is 34.8 Å². The smallest absolute Gasteiger partial charge is 0.251 e. The molecule has 1 atom stereocenters. The van der Waals surface area contributed by atoms with Gasteiger partial charge in [-0.05, 0) is 24.6 Å². The van der Waals surface area contributed by atoms with E-state index >= 15 is 0 Å². The third-order valence-corrected chi connectivity index (χ3v) is 3.37. The summed E-state index contributed by atoms with van der Waals surface area (Å²) in [5.74, 6) is -0.424. The highest BCUT2D eigenvalue weighted by Gasteiger charge is 2.36. The van der Waals surface area contributed by atoms with Crippen LogP contribution >= 0.6 is 12.2 Å². The number of nitrogens with zero attached hydrogens (tertiary/aromatic N) is 1. The number of nitrogens with one attached hydrogen (secondary N) is 1. The van der Waals surface area contributed by atoms with Crippen LogP contribution in [0.4, 0.5) is 5.69 Å². The Morgan fingerprint density at radius 2 is 2.16 bits per heavy atom. The van der Waals surface area contributed by atoms with Gasteiger partial charge in [0.15, 0.2) is 0 Å². The second-order valence-corrected chi connectivity index (χ2v) is 5.05. The molecule has 100 valence electrons. The SMILES string of the molecule is Cc1ccc(C(N)=S)c(NC2CC(=O)N(C)C2=O)c1. The van der Waals surface area contributed by atoms with E-state index in [0.29, 0.717) is 11.3 Å². The molecule has 0 spiro atoms. The molecule has 1 aromatic rings. The molecule has 19 heavy (non-hydrogen) atoms. The molecule has 3 N–H and O–H groups in total. The van der Waals surface area contributed by atoms with Crippen molar-refractivity contribution in [2.45, 2.75) is 19.4 Å². The minimum Gasteiger partial charge on any atom is -0.389 e. The molecule has 1 fully saturated rings. The van der Waals surface area contributed by atoms with Gasteiger partial charge in [-0.2, -0.15) is 0 Å². The number of aryl methyl sites for hydroxylation is 1. The standard InChI is InChI=1S/C13H15N3O2S/c1-7-3-4-8(12(14)19)9(5-7)15-10-6-11(17)16(2)13(10)18/h3-5,10,15H,6H2,1-2H3,(H2,14,19). The number of hydrogen-bond donors (Lipinski definition) is 2. The zero-order valence-corrected chi connectivity index (χ0v) is 11.6. The van der Waals surface area contributed by atoms with E-state index < -0.39 is 6.04 Å². The number of rotatable bonds is 3. The second-order valence-electron chi connectivity index (χ2n) is 4.61. The first-order valence-electron chi connectivity index (χ1n) is 5.87. The summed E-state index contributed by atoms with van der Waals surface area (Å²) in [5.41, 5.74) is 8.04. The average Bonchev–Trinajstić information content (AvgIpc) is 2.57. The van der Waals surface area contributed by atoms with Gasteiger partial charge in [0.2, 0.25) is 5.91 Å². The highest BCUT2D eigenvalue weighted by atomic mass is 32.1. The molecule has 1 unspecified atom stereocenters. The maximum atomic E-state index is 11.9. The summed E-state index contributed by atoms with van der Waals surface area (Å²) < 4.78 is 0. The molecular weight excluding hydrogens is 262 g/mol. The van der Waals surface area contributed by atoms with Crippen molar-refractivity contribution in [3.05, 3.63) is 29.3 Å². The number of amides is 2. The van der Waals surface area contributed by atoms with Crippen LogP contribution in [-0.2, 0) is 9.59 Å². The zero-order chi connectivity index (χ0) is 14.2. The summed E-state index contributed by atoms with van der Waals surface area (Å²) >= 11 is 4.99. The van der Waals surface area contributed by atoms with Gasteiger partial charge in [0.25, 0.3) is 5.91 Å². The Balaban J connectivity index is 2.29. The van der Waals surface area contributed by atoms with Crippen molar-refractivity contribution in [1.82, 2.24) is 4.90 Å². The maximum Gasteiger partial charge on any atom is 0.251 e. The molecule has 1 aliphatic heterocycles. The van der Waals surface area contributed by atoms with Crippen molar-refractivity contribution in [1.29, 1.82) is 0 Å². The molecule has 0 aromatic heterocycles. The lowest BCUT2D eigenvalue weighted by molar-refractivity contribution is -0.136. The second kappa shape index (κ2) is 4.97. The van der Waals surface area contributed by atoms with E-state index in [-0.39, 0.29) is 23.2 Å². The van der Waals surface area contributed by atoms with Crippen LogP contribution in [0.3, 0.4) is 0 Å². The largest absolute Gasteiger partial charge is 0.389 e. The minimum absolute atomic E-state index is 0.153. The molecule has 2 rings (SSSR count). The van der Waals surface area contributed by atoms with E-state index in [9.17, 15) is 9.59 Å². The van der Waals surface area contributed by atoms with Crippen LogP contribution in [0.2, 0.25) is 0 Å². The van der Waals surface area contributed by atoms with Crippen LogP contribution in [0.5, 0.6) is 0 Å². The van der Waals surface area contributed by atoms with Crippen molar-refractivity contribution < 1.29 is 9.59 Å². The Morgan fingerprint density at radius 3 is 2.68 bits per heavy atom. The predicted molar refractivity (Wildman–Crippen MR) is 76.9 cm³/mol. The van der Waals surface area contributed by atoms with Gasteiger partial charge in [-0.1, -0.05) is 18.3 Å². The number of likely N-dealkylation sites (N-methyl/N-ethyl adjacent to an activating group) is 1. The van der Waals surface area contributed by atoms with Gasteiger partial charge in [0.05, 0.1) is 6.42 Å². The van der Waals surface area contributed by atoms with E-state index in [0.717, 1.165) is 10.5 Å². The Morgan fingerprint density at radius 1 is 1.47 bits per heavy atom. The van der Waals surface area contributed by atoms with Gasteiger partial charge in [-0.25, -0.2) is 0 Å². The van der Waals surface area contributed by atoms with E-state index in [1.165, 1.54) is 7.05 Å². The van der Waals surface area contributed by atoms with Gasteiger partial charge in [0.1, 0.15) is 11.0 Å². The number of imide groups is 1. The number of nitrogens with two attached hydrogens (primary N) is 1. The van der Waals surface area contributed by atoms with Crippen molar-refractivity contribution >= 4 is 34.7 Å². The minimum atomic E-state index is -0.549. The van der Waals surface area contributed by atoms with Crippen molar-refractivity contribution in [2.75, 3.05) is 12.4 Å². The highest BCUT2D eigenvalue weighted by molar-refractivity contribution is 7.80. The van der Waals surface area contributed by atoms with E-state index in [4.69, 9.17) is 18.0 Å². The fourth-order valence-electron chi connectivity index (χ4n) is 2.05. The van der Waals surface area contributed by atoms with Crippen molar-refractivity contribution in [3.63, 3.8) is 0 Å². The number of likely N-dealkylation sites (tertiary alicyclic amines) is 1. The van der Waals surface area contributed by atoms with Crippen LogP contribution in [0, 0.1) is 6.92 Å². The number of carbonyl (C=O) groups is 2. The summed E-state index contributed by atoms with van der Waals surface area (Å²) in [6.45, 7) is 1.93. The lowest BCUT2D eigenvalue weighted by Gasteiger charge is -2.16. The number of benzene rings is 1. The molecule has 0 saturated carbocycles. The van der Waals surface area contributed by atoms with Crippen LogP contribution in [0.15, 0.2) is 18.2 Å². The number of thiocarbonyl (C=S) groups is 1. The molecular formula is C13H15N3O2S. The van der Waals surface area contributed by atoms with Gasteiger partial charge in [-0.15, -0.1) is 0 Å². The Hall–Kier alpha value is -1.95. The normalized spacial score (nSPS) is 18.8. The first-order chi connectivity index (χ1) is 8.90. The fourth-order valence-corrected chi connectivity index (χ4v) is 2.23. The molecule has 5 nitrogen and oxygen atoms in total. The Kier molecular flexibility index (Phi) is 3.53. The first-order valence-corrected chi connectivity index (χ1v) is 6.28. The molecule has 0 bridgehead atoms. The monoisotopic (exact) mass is 277 g/mol. The third kappa shape index (κ3) is 2.58. The van der Waals surface area contributed by atoms with E-state index in [2.05, 4.69) is 5.32 Å². The molecule has 1 aliphatic rings. The lowest BCUT2D eigenvalue weighted by atomic mass is 10.1. The number of hydrogen-bond acceptors (Lipinski definition) is 4. The third-order valence-electron chi connectivity index (χ3n) is 3.15. The summed E-state index contributed by atoms with van der Waals surface area (Å²) in [7, 11) is 1.48. The molecule has 0 aliphatic carbocycles. The van der Waals surface area contributed by atoms with Crippen LogP contribution in [0.25, 0.3) is 0 Å². The van der Waals surface area contributed by atoms with Gasteiger partial charge in [0, 0.05) is 18.3 Å². The fraction of sp³-hybridized carbons (Fsp3) is 0.308. The predicted octanol–water partition coefficient (Wildman–Crippen LogP) is 0.798. The van der Waals surface area contributed by atoms with Crippen molar-refractivity contribution in [3.8, 4) is 0 Å². The van der Waals surface area contributed by atoms with Crippen molar-refractivity contribution in [2.24, 2.45) is 5.73 Å². The number of carbonyl (C=O) groups excluding carboxylic acids is 2. The van der Waals surface area contributed by atoms with Gasteiger partial charge >= 0.3 is 0 Å².